The van der Waals surface area contributed by atoms with E-state index < -0.39 is 0 Å². The molecule has 5 heteroatoms. The second-order valence-corrected chi connectivity index (χ2v) is 4.58. The van der Waals surface area contributed by atoms with E-state index in [2.05, 4.69) is 20.4 Å². The number of nitrogens with zero attached hydrogens (tertiary/aromatic N) is 2. The van der Waals surface area contributed by atoms with Gasteiger partial charge in [-0.2, -0.15) is 5.10 Å². The van der Waals surface area contributed by atoms with E-state index in [1.807, 2.05) is 57.3 Å². The maximum atomic E-state index is 11.6. The average molecular weight is 270 g/mol. The van der Waals surface area contributed by atoms with Crippen molar-refractivity contribution in [3.63, 3.8) is 0 Å². The van der Waals surface area contributed by atoms with Crippen molar-refractivity contribution in [1.82, 2.24) is 9.99 Å². The Labute approximate surface area is 118 Å². The van der Waals surface area contributed by atoms with E-state index in [1.54, 1.807) is 6.21 Å². The monoisotopic (exact) mass is 270 g/mol. The average Bonchev–Trinajstić information content (AvgIpc) is 2.67. The summed E-state index contributed by atoms with van der Waals surface area (Å²) in [6, 6.07) is 10.9. The topological polar surface area (TPSA) is 58.4 Å². The van der Waals surface area contributed by atoms with Crippen LogP contribution in [0.1, 0.15) is 17.0 Å². The van der Waals surface area contributed by atoms with Crippen LogP contribution in [-0.2, 0) is 7.05 Å². The second-order valence-electron chi connectivity index (χ2n) is 4.58. The van der Waals surface area contributed by atoms with Gasteiger partial charge in [0, 0.05) is 29.7 Å². The molecule has 2 N–H and O–H groups in total. The van der Waals surface area contributed by atoms with E-state index in [0.29, 0.717) is 0 Å². The lowest BCUT2D eigenvalue weighted by Crippen LogP contribution is -2.24. The molecule has 0 fully saturated rings. The first-order valence-corrected chi connectivity index (χ1v) is 6.36. The number of nitrogens with one attached hydrogen (secondary N) is 2. The molecule has 0 bridgehead atoms. The number of amides is 2. The predicted octanol–water partition coefficient (Wildman–Crippen LogP) is 2.80. The first-order valence-electron chi connectivity index (χ1n) is 6.36. The van der Waals surface area contributed by atoms with Gasteiger partial charge in [0.25, 0.3) is 0 Å². The minimum absolute atomic E-state index is 0.363. The van der Waals surface area contributed by atoms with Gasteiger partial charge < -0.3 is 9.88 Å². The van der Waals surface area contributed by atoms with Crippen LogP contribution < -0.4 is 10.7 Å². The number of para-hydroxylation sites is 1. The summed E-state index contributed by atoms with van der Waals surface area (Å²) >= 11 is 0. The molecule has 1 aromatic heterocycles. The van der Waals surface area contributed by atoms with Gasteiger partial charge in [-0.25, -0.2) is 10.2 Å². The molecule has 104 valence electrons. The first-order chi connectivity index (χ1) is 9.58. The van der Waals surface area contributed by atoms with Crippen LogP contribution in [0.25, 0.3) is 0 Å². The van der Waals surface area contributed by atoms with Gasteiger partial charge in [0.05, 0.1) is 6.21 Å². The second kappa shape index (κ2) is 6.06. The number of aryl methyl sites for hydroxylation is 1. The molecule has 0 aliphatic carbocycles. The Kier molecular flexibility index (Phi) is 4.20. The molecule has 0 saturated carbocycles. The maximum Gasteiger partial charge on any atom is 0.339 e. The van der Waals surface area contributed by atoms with Gasteiger partial charge in [0.1, 0.15) is 0 Å². The van der Waals surface area contributed by atoms with Crippen molar-refractivity contribution in [2.45, 2.75) is 13.8 Å². The predicted molar refractivity (Wildman–Crippen MR) is 81.1 cm³/mol. The maximum absolute atomic E-state index is 11.6. The number of urea groups is 1. The lowest BCUT2D eigenvalue weighted by Gasteiger charge is -2.03. The van der Waals surface area contributed by atoms with E-state index in [-0.39, 0.29) is 6.03 Å². The van der Waals surface area contributed by atoms with Crippen LogP contribution in [-0.4, -0.2) is 16.8 Å². The number of hydrogen-bond donors (Lipinski definition) is 2. The van der Waals surface area contributed by atoms with Crippen LogP contribution in [0.3, 0.4) is 0 Å². The van der Waals surface area contributed by atoms with Gasteiger partial charge in [0.15, 0.2) is 0 Å². The number of rotatable bonds is 3. The third kappa shape index (κ3) is 3.26. The zero-order valence-electron chi connectivity index (χ0n) is 11.8. The zero-order chi connectivity index (χ0) is 14.5. The Morgan fingerprint density at radius 3 is 2.55 bits per heavy atom. The van der Waals surface area contributed by atoms with E-state index in [9.17, 15) is 4.79 Å². The number of hydrazone groups is 1. The number of anilines is 1. The van der Waals surface area contributed by atoms with Gasteiger partial charge in [0.2, 0.25) is 0 Å². The highest BCUT2D eigenvalue weighted by atomic mass is 16.2. The summed E-state index contributed by atoms with van der Waals surface area (Å²) in [5, 5.41) is 6.64. The lowest BCUT2D eigenvalue weighted by atomic mass is 10.3. The molecule has 0 saturated heterocycles. The number of aromatic nitrogens is 1. The standard InChI is InChI=1S/C15H18N4O/c1-11-9-13(12(2)19(11)3)10-16-18-15(20)17-14-7-5-4-6-8-14/h4-10H,1-3H3,(H2,17,18,20)/b16-10+. The Balaban J connectivity index is 1.93. The highest BCUT2D eigenvalue weighted by molar-refractivity contribution is 5.90. The molecule has 0 spiro atoms. The fraction of sp³-hybridized carbons (Fsp3) is 0.200. The number of carbonyl (C=O) groups is 1. The molecule has 5 nitrogen and oxygen atoms in total. The summed E-state index contributed by atoms with van der Waals surface area (Å²) in [5.74, 6) is 0. The molecule has 0 aliphatic rings. The minimum atomic E-state index is -0.363. The molecule has 0 unspecified atom stereocenters. The molecule has 1 aromatic carbocycles. The summed E-state index contributed by atoms with van der Waals surface area (Å²) in [6.07, 6.45) is 1.65. The van der Waals surface area contributed by atoms with E-state index in [1.165, 1.54) is 0 Å². The van der Waals surface area contributed by atoms with Gasteiger partial charge in [-0.15, -0.1) is 0 Å². The zero-order valence-corrected chi connectivity index (χ0v) is 11.8. The van der Waals surface area contributed by atoms with Crippen molar-refractivity contribution < 1.29 is 4.79 Å². The molecular formula is C15H18N4O. The van der Waals surface area contributed by atoms with Crippen molar-refractivity contribution in [2.75, 3.05) is 5.32 Å². The fourth-order valence-electron chi connectivity index (χ4n) is 1.86. The van der Waals surface area contributed by atoms with Crippen molar-refractivity contribution >= 4 is 17.9 Å². The number of benzene rings is 1. The van der Waals surface area contributed by atoms with Gasteiger partial charge in [-0.05, 0) is 32.0 Å². The summed E-state index contributed by atoms with van der Waals surface area (Å²) in [4.78, 5) is 11.6. The Hall–Kier alpha value is -2.56. The van der Waals surface area contributed by atoms with E-state index in [0.717, 1.165) is 22.6 Å². The van der Waals surface area contributed by atoms with Gasteiger partial charge in [-0.1, -0.05) is 18.2 Å². The molecule has 1 heterocycles. The highest BCUT2D eigenvalue weighted by Crippen LogP contribution is 2.10. The van der Waals surface area contributed by atoms with Crippen molar-refractivity contribution in [1.29, 1.82) is 0 Å². The van der Waals surface area contributed by atoms with Gasteiger partial charge in [-0.3, -0.25) is 0 Å². The largest absolute Gasteiger partial charge is 0.352 e. The molecule has 20 heavy (non-hydrogen) atoms. The van der Waals surface area contributed by atoms with Crippen LogP contribution in [0, 0.1) is 13.8 Å². The Bertz CT molecular complexity index is 629. The van der Waals surface area contributed by atoms with E-state index in [4.69, 9.17) is 0 Å². The minimum Gasteiger partial charge on any atom is -0.352 e. The molecule has 2 amide bonds. The third-order valence-electron chi connectivity index (χ3n) is 3.22. The third-order valence-corrected chi connectivity index (χ3v) is 3.22. The summed E-state index contributed by atoms with van der Waals surface area (Å²) in [7, 11) is 2.00. The molecule has 2 rings (SSSR count). The number of carbonyl (C=O) groups excluding carboxylic acids is 1. The summed E-state index contributed by atoms with van der Waals surface area (Å²) in [5.41, 5.74) is 6.42. The van der Waals surface area contributed by atoms with Crippen molar-refractivity contribution in [3.05, 3.63) is 53.3 Å². The van der Waals surface area contributed by atoms with E-state index >= 15 is 0 Å². The molecule has 0 radical (unpaired) electrons. The highest BCUT2D eigenvalue weighted by Gasteiger charge is 2.03. The van der Waals surface area contributed by atoms with Gasteiger partial charge >= 0.3 is 6.03 Å². The smallest absolute Gasteiger partial charge is 0.339 e. The Morgan fingerprint density at radius 2 is 1.95 bits per heavy atom. The lowest BCUT2D eigenvalue weighted by molar-refractivity contribution is 0.252. The quantitative estimate of drug-likeness (QED) is 0.654. The summed E-state index contributed by atoms with van der Waals surface area (Å²) in [6.45, 7) is 4.04. The normalized spacial score (nSPS) is 10.8. The fourth-order valence-corrected chi connectivity index (χ4v) is 1.86. The molecule has 0 aliphatic heterocycles. The van der Waals surface area contributed by atoms with Crippen LogP contribution >= 0.6 is 0 Å². The molecular weight excluding hydrogens is 252 g/mol. The van der Waals surface area contributed by atoms with Crippen molar-refractivity contribution in [2.24, 2.45) is 12.1 Å². The first kappa shape index (κ1) is 13.9. The Morgan fingerprint density at radius 1 is 1.25 bits per heavy atom. The summed E-state index contributed by atoms with van der Waals surface area (Å²) < 4.78 is 2.07. The number of hydrogen-bond acceptors (Lipinski definition) is 2. The van der Waals surface area contributed by atoms with Crippen molar-refractivity contribution in [3.8, 4) is 0 Å². The SMILES string of the molecule is Cc1cc(/C=N/NC(=O)Nc2ccccc2)c(C)n1C. The van der Waals surface area contributed by atoms with Crippen LogP contribution in [0.15, 0.2) is 41.5 Å². The van der Waals surface area contributed by atoms with Crippen LogP contribution in [0.2, 0.25) is 0 Å². The molecule has 0 atom stereocenters. The van der Waals surface area contributed by atoms with Crippen LogP contribution in [0.4, 0.5) is 10.5 Å². The molecule has 2 aromatic rings. The van der Waals surface area contributed by atoms with Crippen LogP contribution in [0.5, 0.6) is 0 Å².